The van der Waals surface area contributed by atoms with Gasteiger partial charge >= 0.3 is 5.97 Å². The van der Waals surface area contributed by atoms with Crippen molar-refractivity contribution in [1.29, 1.82) is 0 Å². The van der Waals surface area contributed by atoms with E-state index in [0.717, 1.165) is 25.3 Å². The number of halogens is 1. The van der Waals surface area contributed by atoms with E-state index in [1.165, 1.54) is 46.8 Å². The van der Waals surface area contributed by atoms with E-state index in [-0.39, 0.29) is 16.1 Å². The molecule has 1 aliphatic rings. The van der Waals surface area contributed by atoms with Crippen LogP contribution in [0.15, 0.2) is 53.4 Å². The predicted molar refractivity (Wildman–Crippen MR) is 104 cm³/mol. The molecule has 1 saturated heterocycles. The van der Waals surface area contributed by atoms with Crippen LogP contribution in [0.1, 0.15) is 29.6 Å². The molecule has 154 valence electrons. The van der Waals surface area contributed by atoms with E-state index in [1.54, 1.807) is 0 Å². The summed E-state index contributed by atoms with van der Waals surface area (Å²) in [7, 11) is -3.63. The summed E-state index contributed by atoms with van der Waals surface area (Å²) < 4.78 is 45.3. The number of esters is 1. The summed E-state index contributed by atoms with van der Waals surface area (Å²) in [4.78, 5) is 24.0. The van der Waals surface area contributed by atoms with Gasteiger partial charge in [-0.1, -0.05) is 24.6 Å². The number of piperidine rings is 1. The highest BCUT2D eigenvalue weighted by Crippen LogP contribution is 2.22. The Morgan fingerprint density at radius 1 is 1.03 bits per heavy atom. The minimum Gasteiger partial charge on any atom is -0.452 e. The molecule has 0 atom stereocenters. The van der Waals surface area contributed by atoms with Crippen molar-refractivity contribution in [3.8, 4) is 0 Å². The summed E-state index contributed by atoms with van der Waals surface area (Å²) in [5.74, 6) is -2.37. The smallest absolute Gasteiger partial charge is 0.341 e. The molecule has 1 aliphatic heterocycles. The van der Waals surface area contributed by atoms with Crippen LogP contribution in [0.4, 0.5) is 10.1 Å². The van der Waals surface area contributed by atoms with Crippen LogP contribution in [-0.2, 0) is 19.6 Å². The molecular weight excluding hydrogens is 399 g/mol. The van der Waals surface area contributed by atoms with Crippen LogP contribution in [0.5, 0.6) is 0 Å². The molecule has 2 aromatic rings. The number of nitrogens with one attached hydrogen (secondary N) is 1. The van der Waals surface area contributed by atoms with Crippen molar-refractivity contribution in [3.63, 3.8) is 0 Å². The number of nitrogens with zero attached hydrogens (tertiary/aromatic N) is 1. The highest BCUT2D eigenvalue weighted by molar-refractivity contribution is 7.89. The molecule has 0 spiro atoms. The van der Waals surface area contributed by atoms with Crippen LogP contribution in [0, 0.1) is 5.82 Å². The van der Waals surface area contributed by atoms with Gasteiger partial charge in [0.1, 0.15) is 5.82 Å². The Balaban J connectivity index is 1.62. The van der Waals surface area contributed by atoms with E-state index in [0.29, 0.717) is 13.1 Å². The minimum absolute atomic E-state index is 0.0838. The maximum atomic E-state index is 13.6. The lowest BCUT2D eigenvalue weighted by molar-refractivity contribution is -0.119. The molecule has 29 heavy (non-hydrogen) atoms. The second kappa shape index (κ2) is 9.15. The Morgan fingerprint density at radius 2 is 1.76 bits per heavy atom. The largest absolute Gasteiger partial charge is 0.452 e. The third-order valence-corrected chi connectivity index (χ3v) is 6.39. The van der Waals surface area contributed by atoms with Gasteiger partial charge in [-0.15, -0.1) is 0 Å². The molecule has 0 aliphatic carbocycles. The first kappa shape index (κ1) is 20.9. The molecule has 0 radical (unpaired) electrons. The molecule has 1 N–H and O–H groups in total. The Morgan fingerprint density at radius 3 is 2.48 bits per heavy atom. The number of rotatable bonds is 6. The van der Waals surface area contributed by atoms with Crippen LogP contribution >= 0.6 is 0 Å². The van der Waals surface area contributed by atoms with Gasteiger partial charge in [0.25, 0.3) is 5.91 Å². The van der Waals surface area contributed by atoms with Crippen LogP contribution in [0.2, 0.25) is 0 Å². The van der Waals surface area contributed by atoms with Gasteiger partial charge in [0.2, 0.25) is 10.0 Å². The highest BCUT2D eigenvalue weighted by atomic mass is 32.2. The van der Waals surface area contributed by atoms with Gasteiger partial charge in [-0.25, -0.2) is 17.6 Å². The van der Waals surface area contributed by atoms with Crippen molar-refractivity contribution in [2.75, 3.05) is 25.0 Å². The van der Waals surface area contributed by atoms with Gasteiger partial charge in [-0.05, 0) is 43.2 Å². The van der Waals surface area contributed by atoms with Crippen molar-refractivity contribution in [2.24, 2.45) is 0 Å². The molecular formula is C20H21FN2O5S. The molecule has 3 rings (SSSR count). The van der Waals surface area contributed by atoms with Crippen LogP contribution < -0.4 is 5.32 Å². The zero-order chi connectivity index (χ0) is 20.9. The molecule has 0 unspecified atom stereocenters. The van der Waals surface area contributed by atoms with Gasteiger partial charge in [-0.3, -0.25) is 4.79 Å². The number of carbonyl (C=O) groups excluding carboxylic acids is 2. The number of amides is 1. The van der Waals surface area contributed by atoms with Crippen molar-refractivity contribution in [1.82, 2.24) is 4.31 Å². The van der Waals surface area contributed by atoms with Crippen molar-refractivity contribution >= 4 is 27.6 Å². The lowest BCUT2D eigenvalue weighted by Crippen LogP contribution is -2.35. The molecule has 1 fully saturated rings. The summed E-state index contributed by atoms with van der Waals surface area (Å²) in [6.45, 7) is 0.326. The van der Waals surface area contributed by atoms with Crippen molar-refractivity contribution in [3.05, 3.63) is 59.9 Å². The second-order valence-electron chi connectivity index (χ2n) is 6.60. The normalized spacial score (nSPS) is 14.9. The Hall–Kier alpha value is -2.78. The molecule has 7 nitrogen and oxygen atoms in total. The predicted octanol–water partition coefficient (Wildman–Crippen LogP) is 2.80. The third-order valence-electron chi connectivity index (χ3n) is 4.50. The lowest BCUT2D eigenvalue weighted by atomic mass is 10.2. The first-order chi connectivity index (χ1) is 13.9. The van der Waals surface area contributed by atoms with E-state index >= 15 is 0 Å². The zero-order valence-electron chi connectivity index (χ0n) is 15.6. The van der Waals surface area contributed by atoms with E-state index in [9.17, 15) is 22.4 Å². The number of carbonyl (C=O) groups is 2. The van der Waals surface area contributed by atoms with E-state index < -0.39 is 34.3 Å². The van der Waals surface area contributed by atoms with Gasteiger partial charge in [0.15, 0.2) is 6.61 Å². The number of hydrogen-bond acceptors (Lipinski definition) is 5. The van der Waals surface area contributed by atoms with Gasteiger partial charge in [0, 0.05) is 18.8 Å². The molecule has 0 bridgehead atoms. The summed E-state index contributed by atoms with van der Waals surface area (Å²) >= 11 is 0. The average Bonchev–Trinajstić information content (AvgIpc) is 2.73. The molecule has 1 amide bonds. The van der Waals surface area contributed by atoms with Crippen molar-refractivity contribution in [2.45, 2.75) is 24.2 Å². The maximum absolute atomic E-state index is 13.6. The summed E-state index contributed by atoms with van der Waals surface area (Å²) in [5, 5.41) is 2.49. The second-order valence-corrected chi connectivity index (χ2v) is 8.53. The SMILES string of the molecule is O=C(COC(=O)c1ccccc1F)Nc1cccc(S(=O)(=O)N2CCCCC2)c1. The topological polar surface area (TPSA) is 92.8 Å². The number of sulfonamides is 1. The first-order valence-electron chi connectivity index (χ1n) is 9.19. The fraction of sp³-hybridized carbons (Fsp3) is 0.300. The number of hydrogen-bond donors (Lipinski definition) is 1. The van der Waals surface area contributed by atoms with Gasteiger partial charge < -0.3 is 10.1 Å². The number of benzene rings is 2. The summed E-state index contributed by atoms with van der Waals surface area (Å²) in [6, 6.07) is 11.2. The standard InChI is InChI=1S/C20H21FN2O5S/c21-18-10-3-2-9-17(18)20(25)28-14-19(24)22-15-7-6-8-16(13-15)29(26,27)23-11-4-1-5-12-23/h2-3,6-10,13H,1,4-5,11-12,14H2,(H,22,24). The molecule has 9 heteroatoms. The van der Waals surface area contributed by atoms with Gasteiger partial charge in [0.05, 0.1) is 10.5 Å². The maximum Gasteiger partial charge on any atom is 0.341 e. The first-order valence-corrected chi connectivity index (χ1v) is 10.6. The molecule has 0 saturated carbocycles. The van der Waals surface area contributed by atoms with E-state index in [2.05, 4.69) is 5.32 Å². The molecule has 1 heterocycles. The van der Waals surface area contributed by atoms with Crippen molar-refractivity contribution < 1.29 is 27.1 Å². The van der Waals surface area contributed by atoms with Crippen LogP contribution in [-0.4, -0.2) is 44.3 Å². The number of anilines is 1. The summed E-state index contributed by atoms with van der Waals surface area (Å²) in [5.41, 5.74) is -0.00931. The fourth-order valence-electron chi connectivity index (χ4n) is 3.02. The Labute approximate surface area is 168 Å². The minimum atomic E-state index is -3.63. The average molecular weight is 420 g/mol. The molecule has 2 aromatic carbocycles. The lowest BCUT2D eigenvalue weighted by Gasteiger charge is -2.26. The molecule has 0 aromatic heterocycles. The fourth-order valence-corrected chi connectivity index (χ4v) is 4.58. The van der Waals surface area contributed by atoms with Gasteiger partial charge in [-0.2, -0.15) is 4.31 Å². The van der Waals surface area contributed by atoms with E-state index in [1.807, 2.05) is 0 Å². The zero-order valence-corrected chi connectivity index (χ0v) is 16.5. The van der Waals surface area contributed by atoms with E-state index in [4.69, 9.17) is 4.74 Å². The van der Waals surface area contributed by atoms with Crippen LogP contribution in [0.25, 0.3) is 0 Å². The highest BCUT2D eigenvalue weighted by Gasteiger charge is 2.26. The monoisotopic (exact) mass is 420 g/mol. The summed E-state index contributed by atoms with van der Waals surface area (Å²) in [6.07, 6.45) is 2.65. The Kier molecular flexibility index (Phi) is 6.60. The Bertz CT molecular complexity index is 1000. The van der Waals surface area contributed by atoms with Crippen LogP contribution in [0.3, 0.4) is 0 Å². The third kappa shape index (κ3) is 5.18. The quantitative estimate of drug-likeness (QED) is 0.726. The number of ether oxygens (including phenoxy) is 1.